The summed E-state index contributed by atoms with van der Waals surface area (Å²) in [6.45, 7) is 4.33. The zero-order valence-electron chi connectivity index (χ0n) is 12.1. The van der Waals surface area contributed by atoms with E-state index in [0.717, 1.165) is 19.5 Å². The molecule has 0 spiro atoms. The van der Waals surface area contributed by atoms with Crippen LogP contribution in [0.5, 0.6) is 0 Å². The van der Waals surface area contributed by atoms with Gasteiger partial charge >= 0.3 is 0 Å². The lowest BCUT2D eigenvalue weighted by Crippen LogP contribution is -2.26. The standard InChI is InChI=1S/C14H26N4O/c1-2-3-4-5-6-7-8-9-18-12-13(10-14(18)19)11-16-17-15/h13H,2-12H2,1H3. The number of azide groups is 1. The maximum Gasteiger partial charge on any atom is 0.222 e. The van der Waals surface area contributed by atoms with Crippen LogP contribution in [-0.4, -0.2) is 30.4 Å². The van der Waals surface area contributed by atoms with E-state index in [1.807, 2.05) is 4.90 Å². The highest BCUT2D eigenvalue weighted by Crippen LogP contribution is 2.19. The fourth-order valence-corrected chi connectivity index (χ4v) is 2.60. The molecule has 1 atom stereocenters. The van der Waals surface area contributed by atoms with Crippen molar-refractivity contribution in [3.63, 3.8) is 0 Å². The summed E-state index contributed by atoms with van der Waals surface area (Å²) in [5.74, 6) is 0.456. The zero-order valence-corrected chi connectivity index (χ0v) is 12.1. The molecule has 0 aromatic carbocycles. The first kappa shape index (κ1) is 15.8. The second kappa shape index (κ2) is 9.68. The van der Waals surface area contributed by atoms with Gasteiger partial charge in [0, 0.05) is 31.0 Å². The number of unbranched alkanes of at least 4 members (excludes halogenated alkanes) is 6. The average molecular weight is 266 g/mol. The summed E-state index contributed by atoms with van der Waals surface area (Å²) >= 11 is 0. The van der Waals surface area contributed by atoms with Gasteiger partial charge in [-0.25, -0.2) is 0 Å². The Bertz CT molecular complexity index is 313. The molecule has 0 bridgehead atoms. The summed E-state index contributed by atoms with van der Waals surface area (Å²) in [5.41, 5.74) is 8.28. The Kier molecular flexibility index (Phi) is 8.07. The van der Waals surface area contributed by atoms with Gasteiger partial charge in [0.05, 0.1) is 0 Å². The number of hydrogen-bond donors (Lipinski definition) is 0. The van der Waals surface area contributed by atoms with E-state index in [1.165, 1.54) is 38.5 Å². The van der Waals surface area contributed by atoms with Crippen molar-refractivity contribution in [1.82, 2.24) is 4.90 Å². The number of carbonyl (C=O) groups is 1. The molecule has 1 fully saturated rings. The van der Waals surface area contributed by atoms with Crippen molar-refractivity contribution in [2.45, 2.75) is 58.3 Å². The van der Waals surface area contributed by atoms with Crippen LogP contribution >= 0.6 is 0 Å². The quantitative estimate of drug-likeness (QED) is 0.256. The number of hydrogen-bond acceptors (Lipinski definition) is 2. The van der Waals surface area contributed by atoms with E-state index in [9.17, 15) is 4.79 Å². The molecule has 5 nitrogen and oxygen atoms in total. The minimum absolute atomic E-state index is 0.226. The molecule has 1 heterocycles. The number of nitrogens with zero attached hydrogens (tertiary/aromatic N) is 4. The third-order valence-electron chi connectivity index (χ3n) is 3.73. The lowest BCUT2D eigenvalue weighted by Gasteiger charge is -2.16. The van der Waals surface area contributed by atoms with Crippen LogP contribution in [0.3, 0.4) is 0 Å². The van der Waals surface area contributed by atoms with E-state index in [4.69, 9.17) is 5.53 Å². The normalized spacial score (nSPS) is 18.7. The first-order valence-electron chi connectivity index (χ1n) is 7.56. The molecule has 1 amide bonds. The maximum atomic E-state index is 11.7. The monoisotopic (exact) mass is 266 g/mol. The van der Waals surface area contributed by atoms with Crippen molar-refractivity contribution in [2.24, 2.45) is 11.0 Å². The van der Waals surface area contributed by atoms with E-state index in [0.29, 0.717) is 13.0 Å². The van der Waals surface area contributed by atoms with Gasteiger partial charge in [0.1, 0.15) is 0 Å². The third-order valence-corrected chi connectivity index (χ3v) is 3.73. The molecule has 108 valence electrons. The Hall–Kier alpha value is -1.22. The van der Waals surface area contributed by atoms with Crippen molar-refractivity contribution < 1.29 is 4.79 Å². The smallest absolute Gasteiger partial charge is 0.222 e. The fraction of sp³-hybridized carbons (Fsp3) is 0.929. The van der Waals surface area contributed by atoms with Gasteiger partial charge in [-0.3, -0.25) is 4.79 Å². The number of rotatable bonds is 10. The van der Waals surface area contributed by atoms with Crippen molar-refractivity contribution in [2.75, 3.05) is 19.6 Å². The number of amides is 1. The van der Waals surface area contributed by atoms with Crippen molar-refractivity contribution >= 4 is 5.91 Å². The molecule has 1 aliphatic heterocycles. The maximum absolute atomic E-state index is 11.7. The van der Waals surface area contributed by atoms with Gasteiger partial charge in [0.25, 0.3) is 0 Å². The van der Waals surface area contributed by atoms with Crippen LogP contribution in [0.4, 0.5) is 0 Å². The topological polar surface area (TPSA) is 69.1 Å². The SMILES string of the molecule is CCCCCCCCCN1CC(CN=[N+]=[N-])CC1=O. The molecule has 1 rings (SSSR count). The van der Waals surface area contributed by atoms with Crippen LogP contribution in [0.2, 0.25) is 0 Å². The summed E-state index contributed by atoms with van der Waals surface area (Å²) in [5, 5.41) is 3.56. The van der Waals surface area contributed by atoms with Crippen LogP contribution < -0.4 is 0 Å². The minimum atomic E-state index is 0.226. The van der Waals surface area contributed by atoms with Crippen molar-refractivity contribution in [1.29, 1.82) is 0 Å². The summed E-state index contributed by atoms with van der Waals surface area (Å²) in [4.78, 5) is 16.4. The summed E-state index contributed by atoms with van der Waals surface area (Å²) in [6, 6.07) is 0. The number of likely N-dealkylation sites (tertiary alicyclic amines) is 1. The van der Waals surface area contributed by atoms with Gasteiger partial charge in [-0.15, -0.1) is 0 Å². The summed E-state index contributed by atoms with van der Waals surface area (Å²) in [7, 11) is 0. The van der Waals surface area contributed by atoms with Crippen molar-refractivity contribution in [3.05, 3.63) is 10.4 Å². The molecule has 0 saturated carbocycles. The Balaban J connectivity index is 2.06. The first-order chi connectivity index (χ1) is 9.27. The van der Waals surface area contributed by atoms with Gasteiger partial charge in [0.15, 0.2) is 0 Å². The van der Waals surface area contributed by atoms with Gasteiger partial charge in [0.2, 0.25) is 5.91 Å². The Morgan fingerprint density at radius 2 is 1.95 bits per heavy atom. The molecular weight excluding hydrogens is 240 g/mol. The lowest BCUT2D eigenvalue weighted by molar-refractivity contribution is -0.127. The van der Waals surface area contributed by atoms with Gasteiger partial charge in [-0.2, -0.15) is 0 Å². The first-order valence-corrected chi connectivity index (χ1v) is 7.56. The van der Waals surface area contributed by atoms with E-state index >= 15 is 0 Å². The molecule has 0 aromatic heterocycles. The molecule has 1 unspecified atom stereocenters. The summed E-state index contributed by atoms with van der Waals surface area (Å²) < 4.78 is 0. The van der Waals surface area contributed by atoms with Gasteiger partial charge < -0.3 is 4.90 Å². The van der Waals surface area contributed by atoms with E-state index in [-0.39, 0.29) is 11.8 Å². The van der Waals surface area contributed by atoms with Crippen LogP contribution in [0.1, 0.15) is 58.3 Å². The van der Waals surface area contributed by atoms with E-state index < -0.39 is 0 Å². The highest BCUT2D eigenvalue weighted by molar-refractivity contribution is 5.78. The Morgan fingerprint density at radius 3 is 2.63 bits per heavy atom. The van der Waals surface area contributed by atoms with Gasteiger partial charge in [-0.1, -0.05) is 50.6 Å². The highest BCUT2D eigenvalue weighted by atomic mass is 16.2. The van der Waals surface area contributed by atoms with E-state index in [2.05, 4.69) is 16.9 Å². The molecule has 19 heavy (non-hydrogen) atoms. The predicted octanol–water partition coefficient (Wildman–Crippen LogP) is 3.90. The third kappa shape index (κ3) is 6.48. The molecular formula is C14H26N4O. The molecule has 0 radical (unpaired) electrons. The van der Waals surface area contributed by atoms with Crippen LogP contribution in [0, 0.1) is 5.92 Å². The van der Waals surface area contributed by atoms with Crippen LogP contribution in [0.15, 0.2) is 5.11 Å². The largest absolute Gasteiger partial charge is 0.342 e. The second-order valence-electron chi connectivity index (χ2n) is 5.44. The zero-order chi connectivity index (χ0) is 13.9. The molecule has 0 aromatic rings. The van der Waals surface area contributed by atoms with Crippen LogP contribution in [-0.2, 0) is 4.79 Å². The Labute approximate surface area is 116 Å². The summed E-state index contributed by atoms with van der Waals surface area (Å²) in [6.07, 6.45) is 9.44. The second-order valence-corrected chi connectivity index (χ2v) is 5.44. The highest BCUT2D eigenvalue weighted by Gasteiger charge is 2.28. The minimum Gasteiger partial charge on any atom is -0.342 e. The predicted molar refractivity (Wildman–Crippen MR) is 76.7 cm³/mol. The molecule has 1 aliphatic rings. The molecule has 1 saturated heterocycles. The van der Waals surface area contributed by atoms with Crippen molar-refractivity contribution in [3.8, 4) is 0 Å². The molecule has 0 aliphatic carbocycles. The molecule has 5 heteroatoms. The lowest BCUT2D eigenvalue weighted by atomic mass is 10.1. The Morgan fingerprint density at radius 1 is 1.26 bits per heavy atom. The molecule has 0 N–H and O–H groups in total. The van der Waals surface area contributed by atoms with Crippen LogP contribution in [0.25, 0.3) is 10.4 Å². The van der Waals surface area contributed by atoms with E-state index in [1.54, 1.807) is 0 Å². The fourth-order valence-electron chi connectivity index (χ4n) is 2.60. The van der Waals surface area contributed by atoms with Gasteiger partial charge in [-0.05, 0) is 17.9 Å². The average Bonchev–Trinajstić information content (AvgIpc) is 2.76. The number of carbonyl (C=O) groups excluding carboxylic acids is 1.